The Hall–Kier alpha value is -1.60. The number of benzene rings is 1. The zero-order chi connectivity index (χ0) is 17.4. The molecular formula is C15H11Cl3N2O4. The Balaban J connectivity index is 1.77. The van der Waals surface area contributed by atoms with E-state index in [0.717, 1.165) is 11.8 Å². The molecule has 1 aromatic heterocycles. The monoisotopic (exact) mass is 388 g/mol. The highest BCUT2D eigenvalue weighted by atomic mass is 35.6. The topological polar surface area (TPSA) is 77.8 Å². The largest absolute Gasteiger partial charge is 0.439 e. The predicted octanol–water partition coefficient (Wildman–Crippen LogP) is 4.77. The number of nitrogens with zero attached hydrogens (tertiary/aromatic N) is 2. The summed E-state index contributed by atoms with van der Waals surface area (Å²) in [5, 5.41) is 10.6. The first-order valence-corrected chi connectivity index (χ1v) is 8.00. The molecular weight excluding hydrogens is 379 g/mol. The Kier molecular flexibility index (Phi) is 4.57. The van der Waals surface area contributed by atoms with Crippen molar-refractivity contribution in [1.29, 1.82) is 0 Å². The molecule has 1 atom stereocenters. The van der Waals surface area contributed by atoms with Crippen molar-refractivity contribution >= 4 is 40.5 Å². The molecule has 1 aliphatic heterocycles. The first-order chi connectivity index (χ1) is 11.3. The van der Waals surface area contributed by atoms with Crippen molar-refractivity contribution < 1.29 is 14.4 Å². The van der Waals surface area contributed by atoms with Gasteiger partial charge in [0.15, 0.2) is 3.79 Å². The van der Waals surface area contributed by atoms with Crippen LogP contribution in [0.15, 0.2) is 42.6 Å². The van der Waals surface area contributed by atoms with Gasteiger partial charge in [0.25, 0.3) is 5.69 Å². The van der Waals surface area contributed by atoms with E-state index in [0.29, 0.717) is 12.4 Å². The predicted molar refractivity (Wildman–Crippen MR) is 89.9 cm³/mol. The molecule has 0 saturated carbocycles. The molecule has 126 valence electrons. The van der Waals surface area contributed by atoms with Gasteiger partial charge in [-0.1, -0.05) is 46.9 Å². The lowest BCUT2D eigenvalue weighted by molar-refractivity contribution is -0.385. The number of epoxide rings is 1. The Morgan fingerprint density at radius 1 is 1.33 bits per heavy atom. The zero-order valence-electron chi connectivity index (χ0n) is 12.1. The van der Waals surface area contributed by atoms with Crippen LogP contribution in [0.5, 0.6) is 11.6 Å². The minimum absolute atomic E-state index is 0.107. The van der Waals surface area contributed by atoms with Gasteiger partial charge in [0.05, 0.1) is 11.5 Å². The van der Waals surface area contributed by atoms with Gasteiger partial charge in [-0.05, 0) is 17.7 Å². The normalized spacial score (nSPS) is 19.8. The van der Waals surface area contributed by atoms with Gasteiger partial charge in [-0.15, -0.1) is 0 Å². The molecule has 1 saturated heterocycles. The van der Waals surface area contributed by atoms with Crippen LogP contribution < -0.4 is 4.74 Å². The molecule has 3 rings (SSSR count). The van der Waals surface area contributed by atoms with E-state index in [4.69, 9.17) is 44.3 Å². The van der Waals surface area contributed by atoms with Gasteiger partial charge in [0.2, 0.25) is 5.88 Å². The maximum Gasteiger partial charge on any atom is 0.287 e. The number of halogens is 3. The molecule has 6 nitrogen and oxygen atoms in total. The van der Waals surface area contributed by atoms with Gasteiger partial charge in [0.1, 0.15) is 17.5 Å². The summed E-state index contributed by atoms with van der Waals surface area (Å²) >= 11 is 17.6. The Bertz CT molecular complexity index is 758. The van der Waals surface area contributed by atoms with E-state index in [1.165, 1.54) is 12.1 Å². The van der Waals surface area contributed by atoms with E-state index >= 15 is 0 Å². The van der Waals surface area contributed by atoms with Gasteiger partial charge in [-0.3, -0.25) is 10.1 Å². The fraction of sp³-hybridized carbons (Fsp3) is 0.267. The van der Waals surface area contributed by atoms with Crippen molar-refractivity contribution in [3.63, 3.8) is 0 Å². The molecule has 9 heteroatoms. The van der Waals surface area contributed by atoms with Gasteiger partial charge >= 0.3 is 0 Å². The lowest BCUT2D eigenvalue weighted by Crippen LogP contribution is -2.18. The smallest absolute Gasteiger partial charge is 0.287 e. The molecule has 24 heavy (non-hydrogen) atoms. The third kappa shape index (κ3) is 4.08. The maximum atomic E-state index is 10.6. The van der Waals surface area contributed by atoms with Gasteiger partial charge in [0, 0.05) is 18.6 Å². The molecule has 0 bridgehead atoms. The first kappa shape index (κ1) is 17.2. The SMILES string of the molecule is O=[N+]([O-])c1ccc(Oc2cccc(C3(CC(Cl)(Cl)Cl)CO3)c2)nc1. The zero-order valence-corrected chi connectivity index (χ0v) is 14.4. The number of rotatable bonds is 5. The molecule has 1 aromatic carbocycles. The van der Waals surface area contributed by atoms with Crippen LogP contribution in [-0.2, 0) is 10.3 Å². The highest BCUT2D eigenvalue weighted by Crippen LogP contribution is 2.50. The lowest BCUT2D eigenvalue weighted by atomic mass is 9.97. The van der Waals surface area contributed by atoms with Crippen LogP contribution >= 0.6 is 34.8 Å². The van der Waals surface area contributed by atoms with Crippen molar-refractivity contribution in [2.75, 3.05) is 6.61 Å². The number of hydrogen-bond donors (Lipinski definition) is 0. The van der Waals surface area contributed by atoms with Crippen LogP contribution in [0.4, 0.5) is 5.69 Å². The Morgan fingerprint density at radius 3 is 2.62 bits per heavy atom. The van der Waals surface area contributed by atoms with Crippen LogP contribution in [0.25, 0.3) is 0 Å². The van der Waals surface area contributed by atoms with E-state index in [9.17, 15) is 10.1 Å². The lowest BCUT2D eigenvalue weighted by Gasteiger charge is -2.18. The summed E-state index contributed by atoms with van der Waals surface area (Å²) in [6, 6.07) is 9.90. The van der Waals surface area contributed by atoms with Crippen LogP contribution in [0, 0.1) is 10.1 Å². The van der Waals surface area contributed by atoms with Crippen LogP contribution in [0.1, 0.15) is 12.0 Å². The summed E-state index contributed by atoms with van der Waals surface area (Å²) < 4.78 is 9.70. The van der Waals surface area contributed by atoms with Crippen LogP contribution in [0.2, 0.25) is 0 Å². The number of nitro groups is 1. The standard InChI is InChI=1S/C15H11Cl3N2O4/c16-15(17,18)8-14(9-23-14)10-2-1-3-12(6-10)24-13-5-4-11(7-19-13)20(21)22/h1-7H,8-9H2. The summed E-state index contributed by atoms with van der Waals surface area (Å²) in [5.41, 5.74) is 0.0883. The number of pyridine rings is 1. The summed E-state index contributed by atoms with van der Waals surface area (Å²) in [7, 11) is 0. The number of hydrogen-bond acceptors (Lipinski definition) is 5. The molecule has 1 unspecified atom stereocenters. The molecule has 0 aliphatic carbocycles. The van der Waals surface area contributed by atoms with Crippen LogP contribution in [0.3, 0.4) is 0 Å². The van der Waals surface area contributed by atoms with Gasteiger partial charge < -0.3 is 9.47 Å². The van der Waals surface area contributed by atoms with E-state index in [-0.39, 0.29) is 18.0 Å². The molecule has 1 fully saturated rings. The third-order valence-corrected chi connectivity index (χ3v) is 3.89. The second-order valence-electron chi connectivity index (χ2n) is 5.32. The summed E-state index contributed by atoms with van der Waals surface area (Å²) in [6.07, 6.45) is 1.36. The molecule has 2 aromatic rings. The van der Waals surface area contributed by atoms with Crippen molar-refractivity contribution in [3.8, 4) is 11.6 Å². The number of aromatic nitrogens is 1. The van der Waals surface area contributed by atoms with E-state index in [1.54, 1.807) is 18.2 Å². The Labute approximate surface area is 152 Å². The van der Waals surface area contributed by atoms with Crippen molar-refractivity contribution in [1.82, 2.24) is 4.98 Å². The van der Waals surface area contributed by atoms with Crippen molar-refractivity contribution in [2.24, 2.45) is 0 Å². The summed E-state index contributed by atoms with van der Waals surface area (Å²) in [4.78, 5) is 14.0. The van der Waals surface area contributed by atoms with Crippen molar-refractivity contribution in [2.45, 2.75) is 15.8 Å². The average molecular weight is 390 g/mol. The Morgan fingerprint density at radius 2 is 2.08 bits per heavy atom. The molecule has 2 heterocycles. The van der Waals surface area contributed by atoms with Crippen molar-refractivity contribution in [3.05, 3.63) is 58.3 Å². The van der Waals surface area contributed by atoms with Gasteiger partial charge in [-0.25, -0.2) is 4.98 Å². The van der Waals surface area contributed by atoms with Gasteiger partial charge in [-0.2, -0.15) is 0 Å². The molecule has 1 aliphatic rings. The minimum atomic E-state index is -1.42. The fourth-order valence-corrected chi connectivity index (χ4v) is 2.93. The minimum Gasteiger partial charge on any atom is -0.439 e. The molecule has 0 amide bonds. The molecule has 0 spiro atoms. The molecule has 0 radical (unpaired) electrons. The molecule has 0 N–H and O–H groups in total. The van der Waals surface area contributed by atoms with Crippen LogP contribution in [-0.4, -0.2) is 20.3 Å². The number of alkyl halides is 3. The summed E-state index contributed by atoms with van der Waals surface area (Å²) in [5.74, 6) is 0.748. The third-order valence-electron chi connectivity index (χ3n) is 3.49. The highest BCUT2D eigenvalue weighted by molar-refractivity contribution is 6.67. The van der Waals surface area contributed by atoms with E-state index in [2.05, 4.69) is 4.98 Å². The average Bonchev–Trinajstić information content (AvgIpc) is 3.27. The maximum absolute atomic E-state index is 10.6. The summed E-state index contributed by atoms with van der Waals surface area (Å²) in [6.45, 7) is 0.458. The highest BCUT2D eigenvalue weighted by Gasteiger charge is 2.51. The second kappa shape index (κ2) is 6.37. The van der Waals surface area contributed by atoms with E-state index < -0.39 is 14.3 Å². The second-order valence-corrected chi connectivity index (χ2v) is 7.83. The number of ether oxygens (including phenoxy) is 2. The quantitative estimate of drug-likeness (QED) is 0.319. The van der Waals surface area contributed by atoms with E-state index in [1.807, 2.05) is 6.07 Å². The fourth-order valence-electron chi connectivity index (χ4n) is 2.29. The first-order valence-electron chi connectivity index (χ1n) is 6.87.